The van der Waals surface area contributed by atoms with Gasteiger partial charge < -0.3 is 5.73 Å². The van der Waals surface area contributed by atoms with Gasteiger partial charge in [0.1, 0.15) is 9.71 Å². The molecule has 0 unspecified atom stereocenters. The number of hydrogen-bond acceptors (Lipinski definition) is 7. The molecule has 8 heteroatoms. The summed E-state index contributed by atoms with van der Waals surface area (Å²) in [6.45, 7) is 1.93. The van der Waals surface area contributed by atoms with E-state index < -0.39 is 0 Å². The number of nitrogens with zero attached hydrogens (tertiary/aromatic N) is 3. The van der Waals surface area contributed by atoms with E-state index in [4.69, 9.17) is 5.73 Å². The average Bonchev–Trinajstić information content (AvgIpc) is 2.94. The van der Waals surface area contributed by atoms with Gasteiger partial charge in [-0.3, -0.25) is 10.1 Å². The molecule has 3 aromatic rings. The molecule has 19 heavy (non-hydrogen) atoms. The zero-order chi connectivity index (χ0) is 13.4. The third-order valence-corrected chi connectivity index (χ3v) is 4.40. The lowest BCUT2D eigenvalue weighted by Gasteiger charge is -1.99. The molecule has 0 aliphatic heterocycles. The Hall–Kier alpha value is -2.06. The summed E-state index contributed by atoms with van der Waals surface area (Å²) >= 11 is 2.64. The highest BCUT2D eigenvalue weighted by Crippen LogP contribution is 2.32. The number of nitrogens with two attached hydrogens (primary N) is 1. The van der Waals surface area contributed by atoms with Crippen molar-refractivity contribution in [3.05, 3.63) is 28.2 Å². The molecule has 1 amide bonds. The highest BCUT2D eigenvalue weighted by molar-refractivity contribution is 7.21. The molecule has 0 spiro atoms. The fourth-order valence-corrected chi connectivity index (χ4v) is 3.20. The second-order valence-electron chi connectivity index (χ2n) is 3.83. The van der Waals surface area contributed by atoms with Gasteiger partial charge in [-0.1, -0.05) is 0 Å². The molecule has 96 valence electrons. The van der Waals surface area contributed by atoms with E-state index >= 15 is 0 Å². The number of rotatable bonds is 2. The first-order valence-electron chi connectivity index (χ1n) is 5.38. The topological polar surface area (TPSA) is 93.8 Å². The lowest BCUT2D eigenvalue weighted by Crippen LogP contribution is -2.11. The molecule has 0 radical (unpaired) electrons. The highest BCUT2D eigenvalue weighted by atomic mass is 32.1. The van der Waals surface area contributed by atoms with E-state index in [9.17, 15) is 4.79 Å². The molecule has 3 rings (SSSR count). The van der Waals surface area contributed by atoms with E-state index in [2.05, 4.69) is 20.5 Å². The first-order chi connectivity index (χ1) is 9.15. The Morgan fingerprint density at radius 1 is 1.42 bits per heavy atom. The monoisotopic (exact) mass is 291 g/mol. The third-order valence-electron chi connectivity index (χ3n) is 2.47. The van der Waals surface area contributed by atoms with Crippen LogP contribution in [-0.4, -0.2) is 21.1 Å². The first kappa shape index (κ1) is 12.0. The number of aromatic nitrogens is 3. The molecule has 0 aliphatic rings. The lowest BCUT2D eigenvalue weighted by atomic mass is 10.3. The number of thiophene rings is 1. The van der Waals surface area contributed by atoms with Gasteiger partial charge in [-0.2, -0.15) is 5.10 Å². The summed E-state index contributed by atoms with van der Waals surface area (Å²) < 4.78 is 0. The SMILES string of the molecule is Cc1cnc(NC(=O)c2sc3nnccc3c2N)s1. The normalized spacial score (nSPS) is 10.8. The van der Waals surface area contributed by atoms with Crippen LogP contribution in [0.2, 0.25) is 0 Å². The smallest absolute Gasteiger partial charge is 0.269 e. The zero-order valence-corrected chi connectivity index (χ0v) is 11.5. The molecule has 0 atom stereocenters. The first-order valence-corrected chi connectivity index (χ1v) is 7.02. The van der Waals surface area contributed by atoms with Crippen molar-refractivity contribution in [3.8, 4) is 0 Å². The molecular weight excluding hydrogens is 282 g/mol. The minimum absolute atomic E-state index is 0.269. The van der Waals surface area contributed by atoms with E-state index in [1.165, 1.54) is 22.7 Å². The van der Waals surface area contributed by atoms with Crippen molar-refractivity contribution in [2.24, 2.45) is 0 Å². The number of amides is 1. The Bertz CT molecular complexity index is 763. The number of hydrogen-bond donors (Lipinski definition) is 2. The fourth-order valence-electron chi connectivity index (χ4n) is 1.61. The Kier molecular flexibility index (Phi) is 2.88. The van der Waals surface area contributed by atoms with Crippen molar-refractivity contribution >= 4 is 49.6 Å². The Labute approximate surface area is 116 Å². The number of carbonyl (C=O) groups excluding carboxylic acids is 1. The van der Waals surface area contributed by atoms with Crippen molar-refractivity contribution in [1.82, 2.24) is 15.2 Å². The fraction of sp³-hybridized carbons (Fsp3) is 0.0909. The molecule has 0 aromatic carbocycles. The summed E-state index contributed by atoms with van der Waals surface area (Å²) in [5.41, 5.74) is 6.39. The summed E-state index contributed by atoms with van der Waals surface area (Å²) in [5.74, 6) is -0.269. The average molecular weight is 291 g/mol. The quantitative estimate of drug-likeness (QED) is 0.755. The maximum atomic E-state index is 12.2. The molecule has 0 fully saturated rings. The largest absolute Gasteiger partial charge is 0.397 e. The van der Waals surface area contributed by atoms with Gasteiger partial charge in [0.2, 0.25) is 0 Å². The van der Waals surface area contributed by atoms with E-state index in [1.54, 1.807) is 18.5 Å². The van der Waals surface area contributed by atoms with Crippen LogP contribution in [0.3, 0.4) is 0 Å². The van der Waals surface area contributed by atoms with Gasteiger partial charge in [0.15, 0.2) is 5.13 Å². The molecule has 3 heterocycles. The number of anilines is 2. The molecular formula is C11H9N5OS2. The van der Waals surface area contributed by atoms with Crippen molar-refractivity contribution < 1.29 is 4.79 Å². The predicted octanol–water partition coefficient (Wildman–Crippen LogP) is 2.29. The number of fused-ring (bicyclic) bond motifs is 1. The number of nitrogen functional groups attached to an aromatic ring is 1. The van der Waals surface area contributed by atoms with Gasteiger partial charge in [-0.05, 0) is 13.0 Å². The highest BCUT2D eigenvalue weighted by Gasteiger charge is 2.18. The lowest BCUT2D eigenvalue weighted by molar-refractivity contribution is 0.103. The van der Waals surface area contributed by atoms with Crippen molar-refractivity contribution in [3.63, 3.8) is 0 Å². The van der Waals surface area contributed by atoms with E-state index in [0.717, 1.165) is 10.3 Å². The van der Waals surface area contributed by atoms with Gasteiger partial charge in [0.05, 0.1) is 11.9 Å². The Morgan fingerprint density at radius 2 is 2.26 bits per heavy atom. The van der Waals surface area contributed by atoms with Crippen LogP contribution < -0.4 is 11.1 Å². The maximum absolute atomic E-state index is 12.2. The number of carbonyl (C=O) groups is 1. The third kappa shape index (κ3) is 2.15. The van der Waals surface area contributed by atoms with Crippen LogP contribution >= 0.6 is 22.7 Å². The molecule has 0 aliphatic carbocycles. The molecule has 3 N–H and O–H groups in total. The Balaban J connectivity index is 1.95. The summed E-state index contributed by atoms with van der Waals surface area (Å²) in [4.78, 5) is 18.4. The van der Waals surface area contributed by atoms with Gasteiger partial charge >= 0.3 is 0 Å². The summed E-state index contributed by atoms with van der Waals surface area (Å²) in [7, 11) is 0. The van der Waals surface area contributed by atoms with Crippen LogP contribution in [-0.2, 0) is 0 Å². The van der Waals surface area contributed by atoms with Crippen LogP contribution in [0.5, 0.6) is 0 Å². The molecule has 0 saturated heterocycles. The van der Waals surface area contributed by atoms with Crippen molar-refractivity contribution in [2.45, 2.75) is 6.92 Å². The summed E-state index contributed by atoms with van der Waals surface area (Å²) in [6.07, 6.45) is 3.26. The van der Waals surface area contributed by atoms with E-state index in [-0.39, 0.29) is 5.91 Å². The number of nitrogens with one attached hydrogen (secondary N) is 1. The standard InChI is InChI=1S/C11H9N5OS2/c1-5-4-13-11(18-5)15-9(17)8-7(12)6-2-3-14-16-10(6)19-8/h2-4H,12H2,1H3,(H,13,15,17). The number of aryl methyl sites for hydroxylation is 1. The summed E-state index contributed by atoms with van der Waals surface area (Å²) in [6, 6.07) is 1.75. The van der Waals surface area contributed by atoms with Crippen molar-refractivity contribution in [2.75, 3.05) is 11.1 Å². The van der Waals surface area contributed by atoms with E-state index in [1.807, 2.05) is 6.92 Å². The van der Waals surface area contributed by atoms with Gasteiger partial charge in [0.25, 0.3) is 5.91 Å². The van der Waals surface area contributed by atoms with Gasteiger partial charge in [0, 0.05) is 16.5 Å². The molecule has 0 saturated carbocycles. The summed E-state index contributed by atoms with van der Waals surface area (Å²) in [5, 5.41) is 11.8. The van der Waals surface area contributed by atoms with Crippen LogP contribution in [0, 0.1) is 6.92 Å². The van der Waals surface area contributed by atoms with Crippen molar-refractivity contribution in [1.29, 1.82) is 0 Å². The van der Waals surface area contributed by atoms with Gasteiger partial charge in [-0.25, -0.2) is 4.98 Å². The number of thiazole rings is 1. The second kappa shape index (κ2) is 4.56. The van der Waals surface area contributed by atoms with Crippen LogP contribution in [0.4, 0.5) is 10.8 Å². The van der Waals surface area contributed by atoms with Crippen LogP contribution in [0.25, 0.3) is 10.2 Å². The second-order valence-corrected chi connectivity index (χ2v) is 6.06. The zero-order valence-electron chi connectivity index (χ0n) is 9.88. The Morgan fingerprint density at radius 3 is 2.95 bits per heavy atom. The molecule has 0 bridgehead atoms. The van der Waals surface area contributed by atoms with Gasteiger partial charge in [-0.15, -0.1) is 27.8 Å². The molecule has 3 aromatic heterocycles. The minimum atomic E-state index is -0.269. The van der Waals surface area contributed by atoms with Crippen LogP contribution in [0.15, 0.2) is 18.5 Å². The van der Waals surface area contributed by atoms with Crippen LogP contribution in [0.1, 0.15) is 14.5 Å². The minimum Gasteiger partial charge on any atom is -0.397 e. The van der Waals surface area contributed by atoms with E-state index in [0.29, 0.717) is 20.5 Å². The molecule has 6 nitrogen and oxygen atoms in total. The maximum Gasteiger partial charge on any atom is 0.269 e. The predicted molar refractivity (Wildman–Crippen MR) is 76.6 cm³/mol.